The average Bonchev–Trinajstić information content (AvgIpc) is 2.86. The van der Waals surface area contributed by atoms with Crippen LogP contribution in [0.3, 0.4) is 0 Å². The summed E-state index contributed by atoms with van der Waals surface area (Å²) in [7, 11) is 0. The van der Waals surface area contributed by atoms with Crippen molar-refractivity contribution in [3.8, 4) is 23.3 Å². The van der Waals surface area contributed by atoms with E-state index in [1.807, 2.05) is 37.3 Å². The van der Waals surface area contributed by atoms with Crippen LogP contribution in [0, 0.1) is 23.1 Å². The van der Waals surface area contributed by atoms with E-state index in [9.17, 15) is 14.8 Å². The monoisotopic (exact) mass is 488 g/mol. The highest BCUT2D eigenvalue weighted by Gasteiger charge is 2.31. The van der Waals surface area contributed by atoms with E-state index in [2.05, 4.69) is 4.90 Å². The Hall–Kier alpha value is -3.89. The summed E-state index contributed by atoms with van der Waals surface area (Å²) in [5.74, 6) is 0.908. The zero-order chi connectivity index (χ0) is 25.2. The average molecular weight is 489 g/mol. The van der Waals surface area contributed by atoms with Gasteiger partial charge in [-0.15, -0.1) is 0 Å². The van der Waals surface area contributed by atoms with Crippen LogP contribution in [0.2, 0.25) is 0 Å². The van der Waals surface area contributed by atoms with E-state index in [-0.39, 0.29) is 29.5 Å². The van der Waals surface area contributed by atoms with Crippen LogP contribution in [0.15, 0.2) is 60.7 Å². The minimum atomic E-state index is -0.627. The highest BCUT2D eigenvalue weighted by molar-refractivity contribution is 5.96. The number of phenols is 1. The fourth-order valence-corrected chi connectivity index (χ4v) is 4.83. The lowest BCUT2D eigenvalue weighted by atomic mass is 9.85. The number of hydrogen-bond acceptors (Lipinski definition) is 5. The molecule has 184 valence electrons. The Kier molecular flexibility index (Phi) is 6.62. The minimum absolute atomic E-state index is 0.0444. The molecule has 5 rings (SSSR count). The summed E-state index contributed by atoms with van der Waals surface area (Å²) in [6, 6.07) is 18.9. The summed E-state index contributed by atoms with van der Waals surface area (Å²) >= 11 is 0. The van der Waals surface area contributed by atoms with Gasteiger partial charge in [0.05, 0.1) is 12.2 Å². The van der Waals surface area contributed by atoms with Crippen LogP contribution in [0.5, 0.6) is 17.2 Å². The molecular weight excluding hydrogens is 462 g/mol. The number of aromatic hydroxyl groups is 1. The number of rotatable bonds is 7. The summed E-state index contributed by atoms with van der Waals surface area (Å²) in [6.07, 6.45) is -0.627. The van der Waals surface area contributed by atoms with Gasteiger partial charge in [0, 0.05) is 42.3 Å². The van der Waals surface area contributed by atoms with Gasteiger partial charge in [-0.3, -0.25) is 9.29 Å². The van der Waals surface area contributed by atoms with Crippen molar-refractivity contribution in [2.24, 2.45) is 5.92 Å². The fourth-order valence-electron chi connectivity index (χ4n) is 4.83. The van der Waals surface area contributed by atoms with Crippen LogP contribution >= 0.6 is 0 Å². The molecule has 1 N–H and O–H groups in total. The number of likely N-dealkylation sites (tertiary alicyclic amines) is 1. The van der Waals surface area contributed by atoms with Crippen molar-refractivity contribution in [1.29, 1.82) is 5.26 Å². The van der Waals surface area contributed by atoms with Gasteiger partial charge in [-0.25, -0.2) is 4.39 Å². The van der Waals surface area contributed by atoms with Crippen LogP contribution < -0.4 is 9.47 Å². The van der Waals surface area contributed by atoms with E-state index in [0.717, 1.165) is 30.8 Å². The smallest absolute Gasteiger partial charge is 0.150 e. The lowest BCUT2D eigenvalue weighted by Gasteiger charge is -2.37. The Morgan fingerprint density at radius 2 is 1.89 bits per heavy atom. The zero-order valence-electron chi connectivity index (χ0n) is 19.9. The van der Waals surface area contributed by atoms with Crippen molar-refractivity contribution in [1.82, 2.24) is 4.90 Å². The van der Waals surface area contributed by atoms with Gasteiger partial charge in [-0.05, 0) is 54.5 Å². The molecule has 3 aromatic rings. The second kappa shape index (κ2) is 10.00. The third-order valence-electron chi connectivity index (χ3n) is 6.80. The molecule has 5 nitrogen and oxygen atoms in total. The number of phenolic OH excluding ortho intramolecular Hbond substituents is 1. The molecule has 3 aromatic carbocycles. The second-order valence-corrected chi connectivity index (χ2v) is 9.19. The molecule has 0 bridgehead atoms. The van der Waals surface area contributed by atoms with Gasteiger partial charge < -0.3 is 14.6 Å². The van der Waals surface area contributed by atoms with Crippen LogP contribution in [0.4, 0.5) is 8.78 Å². The molecule has 0 radical (unpaired) electrons. The lowest BCUT2D eigenvalue weighted by Crippen LogP contribution is -2.49. The van der Waals surface area contributed by atoms with Crippen LogP contribution in [-0.4, -0.2) is 42.9 Å². The molecular formula is C29H26F2N2O3. The van der Waals surface area contributed by atoms with Crippen LogP contribution in [0.25, 0.3) is 11.1 Å². The topological polar surface area (TPSA) is 65.7 Å². The minimum Gasteiger partial charge on any atom is -0.508 e. The molecule has 2 aliphatic rings. The van der Waals surface area contributed by atoms with E-state index in [1.54, 1.807) is 30.3 Å². The first-order valence-electron chi connectivity index (χ1n) is 11.9. The van der Waals surface area contributed by atoms with Crippen LogP contribution in [-0.2, 0) is 0 Å². The summed E-state index contributed by atoms with van der Waals surface area (Å²) in [4.78, 5) is 2.16. The summed E-state index contributed by atoms with van der Waals surface area (Å²) < 4.78 is 40.1. The van der Waals surface area contributed by atoms with Gasteiger partial charge in [0.15, 0.2) is 0 Å². The molecule has 0 aromatic heterocycles. The van der Waals surface area contributed by atoms with Gasteiger partial charge in [-0.2, -0.15) is 5.26 Å². The van der Waals surface area contributed by atoms with Crippen molar-refractivity contribution in [3.63, 3.8) is 0 Å². The number of ether oxygens (including phenoxy) is 2. The molecule has 36 heavy (non-hydrogen) atoms. The number of hydrogen-bond donors (Lipinski definition) is 1. The Labute approximate surface area is 208 Å². The first-order valence-corrected chi connectivity index (χ1v) is 11.9. The number of halogens is 2. The molecule has 2 heterocycles. The van der Waals surface area contributed by atoms with Crippen LogP contribution in [0.1, 0.15) is 35.3 Å². The predicted octanol–water partition coefficient (Wildman–Crippen LogP) is 5.75. The molecule has 0 amide bonds. The van der Waals surface area contributed by atoms with Crippen molar-refractivity contribution in [3.05, 3.63) is 88.7 Å². The highest BCUT2D eigenvalue weighted by atomic mass is 19.1. The Morgan fingerprint density at radius 1 is 1.11 bits per heavy atom. The standard InChI is InChI=1S/C29H26F2N2O3/c1-18-25-13-22(34)7-10-26(25)36-29(27(18)24-4-2-3-21(15-32)28(24)31)20-5-8-23(9-6-20)35-12-11-33-16-19(14-30)17-33/h2-10,13,19,29,34H,11-12,14,16-17H2,1H3/t29-/m1/s1. The number of nitriles is 1. The maximum atomic E-state index is 15.3. The quantitative estimate of drug-likeness (QED) is 0.459. The molecule has 0 saturated carbocycles. The zero-order valence-corrected chi connectivity index (χ0v) is 19.9. The molecule has 0 unspecified atom stereocenters. The van der Waals surface area contributed by atoms with Gasteiger partial charge in [0.2, 0.25) is 0 Å². The molecule has 0 spiro atoms. The molecule has 1 atom stereocenters. The van der Waals surface area contributed by atoms with E-state index in [1.165, 1.54) is 6.07 Å². The molecule has 1 fully saturated rings. The van der Waals surface area contributed by atoms with Gasteiger partial charge in [-0.1, -0.05) is 24.3 Å². The maximum absolute atomic E-state index is 15.3. The maximum Gasteiger partial charge on any atom is 0.150 e. The lowest BCUT2D eigenvalue weighted by molar-refractivity contribution is 0.0668. The normalized spacial score (nSPS) is 17.7. The SMILES string of the molecule is CC1=C(c2cccc(C#N)c2F)[C@@H](c2ccc(OCCN3CC(CF)C3)cc2)Oc2ccc(O)cc21. The first-order chi connectivity index (χ1) is 17.5. The van der Waals surface area contributed by atoms with Gasteiger partial charge in [0.1, 0.15) is 41.8 Å². The highest BCUT2D eigenvalue weighted by Crippen LogP contribution is 2.48. The number of fused-ring (bicyclic) bond motifs is 1. The fraction of sp³-hybridized carbons (Fsp3) is 0.276. The van der Waals surface area contributed by atoms with Gasteiger partial charge in [0.25, 0.3) is 0 Å². The predicted molar refractivity (Wildman–Crippen MR) is 133 cm³/mol. The number of allylic oxidation sites excluding steroid dienone is 1. The third kappa shape index (κ3) is 4.52. The third-order valence-corrected chi connectivity index (χ3v) is 6.80. The van der Waals surface area contributed by atoms with Crippen molar-refractivity contribution in [2.45, 2.75) is 13.0 Å². The summed E-state index contributed by atoms with van der Waals surface area (Å²) in [6.45, 7) is 4.39. The van der Waals surface area contributed by atoms with Crippen molar-refractivity contribution < 1.29 is 23.4 Å². The Balaban J connectivity index is 1.43. The first kappa shape index (κ1) is 23.8. The summed E-state index contributed by atoms with van der Waals surface area (Å²) in [5, 5.41) is 19.4. The van der Waals surface area contributed by atoms with Crippen molar-refractivity contribution >= 4 is 11.1 Å². The van der Waals surface area contributed by atoms with E-state index in [0.29, 0.717) is 29.2 Å². The molecule has 0 aliphatic carbocycles. The van der Waals surface area contributed by atoms with E-state index in [4.69, 9.17) is 9.47 Å². The molecule has 2 aliphatic heterocycles. The van der Waals surface area contributed by atoms with Gasteiger partial charge >= 0.3 is 0 Å². The second-order valence-electron chi connectivity index (χ2n) is 9.19. The molecule has 7 heteroatoms. The molecule has 1 saturated heterocycles. The van der Waals surface area contributed by atoms with E-state index < -0.39 is 11.9 Å². The number of nitrogens with zero attached hydrogens (tertiary/aromatic N) is 2. The van der Waals surface area contributed by atoms with Crippen molar-refractivity contribution in [2.75, 3.05) is 32.9 Å². The Morgan fingerprint density at radius 3 is 2.61 bits per heavy atom. The summed E-state index contributed by atoms with van der Waals surface area (Å²) in [5.41, 5.74) is 3.06. The Bertz CT molecular complexity index is 1340. The largest absolute Gasteiger partial charge is 0.508 e. The number of benzene rings is 3. The van der Waals surface area contributed by atoms with E-state index >= 15 is 4.39 Å². The number of alkyl halides is 1.